The summed E-state index contributed by atoms with van der Waals surface area (Å²) in [6, 6.07) is 7.09. The highest BCUT2D eigenvalue weighted by atomic mass is 16.3. The van der Waals surface area contributed by atoms with Gasteiger partial charge in [0.15, 0.2) is 11.6 Å². The first-order valence-corrected chi connectivity index (χ1v) is 5.60. The fourth-order valence-electron chi connectivity index (χ4n) is 2.22. The number of carbonyl (C=O) groups excluding carboxylic acids is 2. The van der Waals surface area contributed by atoms with Crippen LogP contribution in [0.5, 0.6) is 5.75 Å². The molecule has 1 aliphatic carbocycles. The third-order valence-electron chi connectivity index (χ3n) is 3.19. The van der Waals surface area contributed by atoms with Gasteiger partial charge in [0.1, 0.15) is 5.75 Å². The fraction of sp³-hybridized carbons (Fsp3) is 0. The summed E-state index contributed by atoms with van der Waals surface area (Å²) >= 11 is 0. The molecule has 0 fully saturated rings. The molecule has 5 heteroatoms. The Morgan fingerprint density at radius 2 is 1.37 bits per heavy atom. The lowest BCUT2D eigenvalue weighted by Gasteiger charge is -2.18. The van der Waals surface area contributed by atoms with Crippen molar-refractivity contribution in [1.82, 2.24) is 0 Å². The molecule has 0 saturated carbocycles. The Morgan fingerprint density at radius 1 is 0.789 bits per heavy atom. The molecule has 5 N–H and O–H groups in total. The molecule has 0 saturated heterocycles. The minimum atomic E-state index is -0.320. The number of nitrogen functional groups attached to an aromatic ring is 2. The molecule has 19 heavy (non-hydrogen) atoms. The van der Waals surface area contributed by atoms with Crippen molar-refractivity contribution in [3.8, 4) is 5.75 Å². The molecule has 2 aromatic rings. The molecule has 3 rings (SSSR count). The van der Waals surface area contributed by atoms with Crippen LogP contribution in [0.25, 0.3) is 0 Å². The van der Waals surface area contributed by atoms with E-state index in [0.717, 1.165) is 0 Å². The summed E-state index contributed by atoms with van der Waals surface area (Å²) < 4.78 is 0. The minimum Gasteiger partial charge on any atom is -0.506 e. The maximum Gasteiger partial charge on any atom is 0.194 e. The van der Waals surface area contributed by atoms with Crippen molar-refractivity contribution in [2.75, 3.05) is 11.5 Å². The van der Waals surface area contributed by atoms with Gasteiger partial charge in [0.2, 0.25) is 0 Å². The number of hydrogen-bond donors (Lipinski definition) is 3. The van der Waals surface area contributed by atoms with E-state index >= 15 is 0 Å². The van der Waals surface area contributed by atoms with E-state index in [1.165, 1.54) is 24.3 Å². The molecular weight excluding hydrogens is 244 g/mol. The average Bonchev–Trinajstić information content (AvgIpc) is 2.38. The number of phenolic OH excluding ortho intramolecular Hbond substituents is 1. The number of fused-ring (bicyclic) bond motifs is 2. The lowest BCUT2D eigenvalue weighted by atomic mass is 9.83. The van der Waals surface area contributed by atoms with Crippen LogP contribution in [0.2, 0.25) is 0 Å². The molecule has 5 nitrogen and oxygen atoms in total. The van der Waals surface area contributed by atoms with Crippen molar-refractivity contribution >= 4 is 22.9 Å². The number of anilines is 2. The van der Waals surface area contributed by atoms with Crippen LogP contribution in [0.15, 0.2) is 30.3 Å². The number of benzene rings is 2. The van der Waals surface area contributed by atoms with Crippen molar-refractivity contribution in [3.63, 3.8) is 0 Å². The van der Waals surface area contributed by atoms with Crippen LogP contribution in [0.1, 0.15) is 31.8 Å². The highest BCUT2D eigenvalue weighted by Crippen LogP contribution is 2.33. The van der Waals surface area contributed by atoms with E-state index in [0.29, 0.717) is 5.69 Å². The van der Waals surface area contributed by atoms with Crippen molar-refractivity contribution in [2.24, 2.45) is 0 Å². The number of ketones is 2. The van der Waals surface area contributed by atoms with E-state index in [1.54, 1.807) is 6.07 Å². The van der Waals surface area contributed by atoms with Crippen LogP contribution in [0, 0.1) is 0 Å². The fourth-order valence-corrected chi connectivity index (χ4v) is 2.22. The second-order valence-corrected chi connectivity index (χ2v) is 4.42. The summed E-state index contributed by atoms with van der Waals surface area (Å²) in [5.41, 5.74) is 12.6. The van der Waals surface area contributed by atoms with Gasteiger partial charge in [-0.05, 0) is 30.3 Å². The molecule has 0 spiro atoms. The van der Waals surface area contributed by atoms with E-state index in [2.05, 4.69) is 0 Å². The highest BCUT2D eigenvalue weighted by Gasteiger charge is 2.30. The third kappa shape index (κ3) is 1.48. The topological polar surface area (TPSA) is 106 Å². The Hall–Kier alpha value is -2.82. The Balaban J connectivity index is 2.32. The summed E-state index contributed by atoms with van der Waals surface area (Å²) in [6.07, 6.45) is 0. The molecular formula is C14H10N2O3. The number of hydrogen-bond acceptors (Lipinski definition) is 5. The number of nitrogens with two attached hydrogens (primary N) is 2. The second kappa shape index (κ2) is 3.58. The summed E-state index contributed by atoms with van der Waals surface area (Å²) in [6.45, 7) is 0. The molecule has 0 atom stereocenters. The van der Waals surface area contributed by atoms with Crippen LogP contribution in [-0.4, -0.2) is 16.7 Å². The number of aromatic hydroxyl groups is 1. The molecule has 94 valence electrons. The smallest absolute Gasteiger partial charge is 0.194 e. The largest absolute Gasteiger partial charge is 0.506 e. The number of rotatable bonds is 0. The lowest BCUT2D eigenvalue weighted by molar-refractivity contribution is 0.0979. The molecule has 0 bridgehead atoms. The van der Waals surface area contributed by atoms with E-state index in [4.69, 9.17) is 11.5 Å². The zero-order chi connectivity index (χ0) is 13.7. The van der Waals surface area contributed by atoms with Crippen LogP contribution >= 0.6 is 0 Å². The van der Waals surface area contributed by atoms with Gasteiger partial charge in [-0.2, -0.15) is 0 Å². The van der Waals surface area contributed by atoms with Crippen LogP contribution in [0.3, 0.4) is 0 Å². The number of phenols is 1. The van der Waals surface area contributed by atoms with Crippen LogP contribution < -0.4 is 11.5 Å². The molecule has 1 aliphatic rings. The Labute approximate surface area is 108 Å². The molecule has 0 amide bonds. The zero-order valence-corrected chi connectivity index (χ0v) is 9.81. The molecule has 0 heterocycles. The van der Waals surface area contributed by atoms with Gasteiger partial charge >= 0.3 is 0 Å². The molecule has 0 radical (unpaired) electrons. The highest BCUT2D eigenvalue weighted by molar-refractivity contribution is 6.29. The van der Waals surface area contributed by atoms with Crippen molar-refractivity contribution < 1.29 is 14.7 Å². The van der Waals surface area contributed by atoms with Crippen LogP contribution in [-0.2, 0) is 0 Å². The Kier molecular flexibility index (Phi) is 2.13. The van der Waals surface area contributed by atoms with Crippen molar-refractivity contribution in [2.45, 2.75) is 0 Å². The quantitative estimate of drug-likeness (QED) is 0.414. The molecule has 2 aromatic carbocycles. The Bertz CT molecular complexity index is 751. The SMILES string of the molecule is Nc1ccc2c(c1)C(=O)c1cc(N)c(O)cc1C2=O. The second-order valence-electron chi connectivity index (χ2n) is 4.42. The minimum absolute atomic E-state index is 0.0623. The third-order valence-corrected chi connectivity index (χ3v) is 3.19. The van der Waals surface area contributed by atoms with Gasteiger partial charge in [-0.25, -0.2) is 0 Å². The maximum absolute atomic E-state index is 12.3. The van der Waals surface area contributed by atoms with Crippen molar-refractivity contribution in [1.29, 1.82) is 0 Å². The van der Waals surface area contributed by atoms with Gasteiger partial charge in [-0.3, -0.25) is 9.59 Å². The molecule has 0 aliphatic heterocycles. The van der Waals surface area contributed by atoms with Gasteiger partial charge in [0.05, 0.1) is 5.69 Å². The first-order valence-electron chi connectivity index (χ1n) is 5.60. The summed E-state index contributed by atoms with van der Waals surface area (Å²) in [7, 11) is 0. The van der Waals surface area contributed by atoms with Crippen molar-refractivity contribution in [3.05, 3.63) is 52.6 Å². The summed E-state index contributed by atoms with van der Waals surface area (Å²) in [5, 5.41) is 9.56. The van der Waals surface area contributed by atoms with Gasteiger partial charge < -0.3 is 16.6 Å². The van der Waals surface area contributed by atoms with Gasteiger partial charge in [0, 0.05) is 27.9 Å². The zero-order valence-electron chi connectivity index (χ0n) is 9.81. The first-order chi connectivity index (χ1) is 8.99. The monoisotopic (exact) mass is 254 g/mol. The van der Waals surface area contributed by atoms with Crippen LogP contribution in [0.4, 0.5) is 11.4 Å². The lowest BCUT2D eigenvalue weighted by Crippen LogP contribution is -2.21. The number of carbonyl (C=O) groups is 2. The molecule has 0 aromatic heterocycles. The van der Waals surface area contributed by atoms with E-state index < -0.39 is 0 Å². The van der Waals surface area contributed by atoms with E-state index in [-0.39, 0.29) is 45.3 Å². The standard InChI is InChI=1S/C14H10N2O3/c15-6-1-2-7-8(3-6)14(19)9-4-11(16)12(17)5-10(9)13(7)18/h1-5,17H,15-16H2. The van der Waals surface area contributed by atoms with Gasteiger partial charge in [0.25, 0.3) is 0 Å². The van der Waals surface area contributed by atoms with E-state index in [9.17, 15) is 14.7 Å². The summed E-state index contributed by atoms with van der Waals surface area (Å²) in [5.74, 6) is -0.845. The Morgan fingerprint density at radius 3 is 2.11 bits per heavy atom. The average molecular weight is 254 g/mol. The van der Waals surface area contributed by atoms with E-state index in [1.807, 2.05) is 0 Å². The van der Waals surface area contributed by atoms with Gasteiger partial charge in [-0.1, -0.05) is 0 Å². The predicted molar refractivity (Wildman–Crippen MR) is 70.2 cm³/mol. The normalized spacial score (nSPS) is 13.1. The maximum atomic E-state index is 12.3. The molecule has 0 unspecified atom stereocenters. The first kappa shape index (κ1) is 11.3. The van der Waals surface area contributed by atoms with Gasteiger partial charge in [-0.15, -0.1) is 0 Å². The predicted octanol–water partition coefficient (Wildman–Crippen LogP) is 1.33. The summed E-state index contributed by atoms with van der Waals surface area (Å²) in [4.78, 5) is 24.6.